The van der Waals surface area contributed by atoms with Gasteiger partial charge >= 0.3 is 6.16 Å². The third-order valence-electron chi connectivity index (χ3n) is 6.52. The molecule has 0 fully saturated rings. The molecular formula is C31H30N2O4. The molecule has 1 heterocycles. The first kappa shape index (κ1) is 24.3. The fourth-order valence-corrected chi connectivity index (χ4v) is 4.79. The highest BCUT2D eigenvalue weighted by molar-refractivity contribution is 5.97. The summed E-state index contributed by atoms with van der Waals surface area (Å²) >= 11 is 0. The van der Waals surface area contributed by atoms with Gasteiger partial charge in [0.05, 0.1) is 17.8 Å². The van der Waals surface area contributed by atoms with Crippen LogP contribution in [0.3, 0.4) is 0 Å². The van der Waals surface area contributed by atoms with E-state index in [0.717, 1.165) is 44.4 Å². The van der Waals surface area contributed by atoms with Gasteiger partial charge in [0.1, 0.15) is 5.75 Å². The van der Waals surface area contributed by atoms with E-state index in [-0.39, 0.29) is 5.88 Å². The molecule has 6 heteroatoms. The van der Waals surface area contributed by atoms with E-state index < -0.39 is 6.16 Å². The predicted molar refractivity (Wildman–Crippen MR) is 149 cm³/mol. The van der Waals surface area contributed by atoms with Crippen LogP contribution in [0.1, 0.15) is 37.3 Å². The number of aromatic amines is 1. The molecule has 0 aliphatic carbocycles. The highest BCUT2D eigenvalue weighted by atomic mass is 16.7. The lowest BCUT2D eigenvalue weighted by Crippen LogP contribution is -2.06. The smallest absolute Gasteiger partial charge is 0.493 e. The van der Waals surface area contributed by atoms with Crippen LogP contribution >= 0.6 is 0 Å². The number of aryl methyl sites for hydroxylation is 1. The van der Waals surface area contributed by atoms with Gasteiger partial charge in [-0.25, -0.2) is 4.79 Å². The third kappa shape index (κ3) is 5.23. The van der Waals surface area contributed by atoms with Gasteiger partial charge in [0.15, 0.2) is 0 Å². The Labute approximate surface area is 215 Å². The number of aromatic nitrogens is 1. The van der Waals surface area contributed by atoms with Crippen molar-refractivity contribution in [1.82, 2.24) is 4.98 Å². The highest BCUT2D eigenvalue weighted by Gasteiger charge is 2.18. The van der Waals surface area contributed by atoms with Crippen molar-refractivity contribution < 1.29 is 19.4 Å². The van der Waals surface area contributed by atoms with Crippen molar-refractivity contribution >= 4 is 39.2 Å². The maximum absolute atomic E-state index is 11.5. The number of hydrogen-bond acceptors (Lipinski definition) is 4. The van der Waals surface area contributed by atoms with E-state index in [9.17, 15) is 9.90 Å². The van der Waals surface area contributed by atoms with Gasteiger partial charge in [0.25, 0.3) is 0 Å². The molecule has 1 aromatic heterocycles. The molecule has 4 aromatic carbocycles. The van der Waals surface area contributed by atoms with Gasteiger partial charge in [-0.1, -0.05) is 80.6 Å². The third-order valence-corrected chi connectivity index (χ3v) is 6.52. The van der Waals surface area contributed by atoms with Gasteiger partial charge in [0.2, 0.25) is 5.88 Å². The second-order valence-corrected chi connectivity index (χ2v) is 9.33. The van der Waals surface area contributed by atoms with Crippen molar-refractivity contribution in [3.05, 3.63) is 96.1 Å². The van der Waals surface area contributed by atoms with Gasteiger partial charge in [-0.3, -0.25) is 0 Å². The molecule has 0 saturated carbocycles. The topological polar surface area (TPSA) is 83.6 Å². The average Bonchev–Trinajstić information content (AvgIpc) is 3.24. The summed E-state index contributed by atoms with van der Waals surface area (Å²) in [6.45, 7) is 4.81. The van der Waals surface area contributed by atoms with E-state index >= 15 is 0 Å². The van der Waals surface area contributed by atoms with Gasteiger partial charge in [-0.15, -0.1) is 0 Å². The zero-order valence-corrected chi connectivity index (χ0v) is 21.0. The number of ether oxygens (including phenoxy) is 2. The summed E-state index contributed by atoms with van der Waals surface area (Å²) in [5.74, 6) is 1.45. The fraction of sp³-hybridized carbons (Fsp3) is 0.194. The molecule has 0 atom stereocenters. The standard InChI is InChI=1S/C31H30N2O4/c1-20(2)22-12-5-6-16-26(22)32-27-17-8-14-24-25(30(33-29(24)27)37-31(34)35)15-9-19-36-28-18-7-11-21-10-3-4-13-23(21)28/h3-8,10-14,16-18,20,32-33H,9,15,19H2,1-2H3,(H,34,35). The minimum Gasteiger partial charge on any atom is -0.493 e. The van der Waals surface area contributed by atoms with Crippen molar-refractivity contribution in [1.29, 1.82) is 0 Å². The number of carboxylic acid groups (broad SMARTS) is 1. The van der Waals surface area contributed by atoms with Gasteiger partial charge in [-0.2, -0.15) is 0 Å². The van der Waals surface area contributed by atoms with Crippen LogP contribution in [-0.4, -0.2) is 22.9 Å². The van der Waals surface area contributed by atoms with Crippen LogP contribution in [0, 0.1) is 0 Å². The molecule has 188 valence electrons. The lowest BCUT2D eigenvalue weighted by Gasteiger charge is -2.15. The minimum absolute atomic E-state index is 0.249. The molecule has 0 saturated heterocycles. The SMILES string of the molecule is CC(C)c1ccccc1Nc1cccc2c(CCCOc3cccc4ccccc34)c(OC(=O)O)[nH]c12. The molecule has 0 radical (unpaired) electrons. The first-order valence-electron chi connectivity index (χ1n) is 12.5. The number of H-pyrrole nitrogens is 1. The zero-order chi connectivity index (χ0) is 25.8. The zero-order valence-electron chi connectivity index (χ0n) is 21.0. The van der Waals surface area contributed by atoms with Crippen LogP contribution in [-0.2, 0) is 6.42 Å². The number of fused-ring (bicyclic) bond motifs is 2. The summed E-state index contributed by atoms with van der Waals surface area (Å²) in [6, 6.07) is 28.3. The highest BCUT2D eigenvalue weighted by Crippen LogP contribution is 2.36. The van der Waals surface area contributed by atoms with E-state index in [1.54, 1.807) is 0 Å². The summed E-state index contributed by atoms with van der Waals surface area (Å²) in [7, 11) is 0. The molecule has 0 unspecified atom stereocenters. The Balaban J connectivity index is 1.39. The van der Waals surface area contributed by atoms with Crippen molar-refractivity contribution in [2.24, 2.45) is 0 Å². The molecule has 0 bridgehead atoms. The van der Waals surface area contributed by atoms with Gasteiger partial charge in [-0.05, 0) is 47.9 Å². The Morgan fingerprint density at radius 1 is 0.892 bits per heavy atom. The second-order valence-electron chi connectivity index (χ2n) is 9.33. The number of hydrogen-bond donors (Lipinski definition) is 3. The number of rotatable bonds is 9. The Morgan fingerprint density at radius 3 is 2.43 bits per heavy atom. The summed E-state index contributed by atoms with van der Waals surface area (Å²) < 4.78 is 11.3. The van der Waals surface area contributed by atoms with Crippen molar-refractivity contribution in [2.45, 2.75) is 32.6 Å². The molecule has 5 rings (SSSR count). The van der Waals surface area contributed by atoms with Crippen LogP contribution in [0.5, 0.6) is 11.6 Å². The lowest BCUT2D eigenvalue weighted by atomic mass is 10.0. The van der Waals surface area contributed by atoms with Crippen LogP contribution in [0.15, 0.2) is 84.9 Å². The number of para-hydroxylation sites is 2. The van der Waals surface area contributed by atoms with Crippen LogP contribution < -0.4 is 14.8 Å². The van der Waals surface area contributed by atoms with E-state index in [2.05, 4.69) is 54.5 Å². The van der Waals surface area contributed by atoms with Crippen molar-refractivity contribution in [2.75, 3.05) is 11.9 Å². The summed E-state index contributed by atoms with van der Waals surface area (Å²) in [5, 5.41) is 16.0. The molecule has 0 amide bonds. The van der Waals surface area contributed by atoms with Crippen LogP contribution in [0.25, 0.3) is 21.7 Å². The van der Waals surface area contributed by atoms with Crippen molar-refractivity contribution in [3.8, 4) is 11.6 Å². The Kier molecular flexibility index (Phi) is 6.99. The lowest BCUT2D eigenvalue weighted by molar-refractivity contribution is 0.142. The monoisotopic (exact) mass is 494 g/mol. The maximum atomic E-state index is 11.5. The normalized spacial score (nSPS) is 11.2. The summed E-state index contributed by atoms with van der Waals surface area (Å²) in [5.41, 5.74) is 4.71. The molecule has 0 spiro atoms. The molecule has 37 heavy (non-hydrogen) atoms. The quantitative estimate of drug-likeness (QED) is 0.142. The van der Waals surface area contributed by atoms with Crippen LogP contribution in [0.4, 0.5) is 16.2 Å². The maximum Gasteiger partial charge on any atom is 0.512 e. The van der Waals surface area contributed by atoms with E-state index in [0.29, 0.717) is 25.4 Å². The number of nitrogens with one attached hydrogen (secondary N) is 2. The summed E-state index contributed by atoms with van der Waals surface area (Å²) in [4.78, 5) is 14.7. The first-order chi connectivity index (χ1) is 18.0. The minimum atomic E-state index is -1.35. The molecule has 6 nitrogen and oxygen atoms in total. The van der Waals surface area contributed by atoms with E-state index in [4.69, 9.17) is 9.47 Å². The van der Waals surface area contributed by atoms with Crippen molar-refractivity contribution in [3.63, 3.8) is 0 Å². The molecular weight excluding hydrogens is 464 g/mol. The molecule has 3 N–H and O–H groups in total. The molecule has 0 aliphatic heterocycles. The predicted octanol–water partition coefficient (Wildman–Crippen LogP) is 8.26. The second kappa shape index (κ2) is 10.7. The molecule has 0 aliphatic rings. The van der Waals surface area contributed by atoms with Gasteiger partial charge in [0, 0.05) is 22.0 Å². The number of carbonyl (C=O) groups is 1. The van der Waals surface area contributed by atoms with E-state index in [1.807, 2.05) is 54.6 Å². The Morgan fingerprint density at radius 2 is 1.59 bits per heavy atom. The summed E-state index contributed by atoms with van der Waals surface area (Å²) in [6.07, 6.45) is -0.0566. The first-order valence-corrected chi connectivity index (χ1v) is 12.5. The van der Waals surface area contributed by atoms with E-state index in [1.165, 1.54) is 5.56 Å². The van der Waals surface area contributed by atoms with Crippen LogP contribution in [0.2, 0.25) is 0 Å². The number of anilines is 2. The largest absolute Gasteiger partial charge is 0.512 e. The Bertz CT molecular complexity index is 1550. The fourth-order valence-electron chi connectivity index (χ4n) is 4.79. The Hall–Kier alpha value is -4.45. The molecule has 5 aromatic rings. The van der Waals surface area contributed by atoms with Gasteiger partial charge < -0.3 is 24.9 Å². The average molecular weight is 495 g/mol. The number of benzene rings is 4.